The molecular formula is C16H22N2O5. The molecule has 1 N–H and O–H groups in total. The topological polar surface area (TPSA) is 69.3 Å². The highest BCUT2D eigenvalue weighted by Gasteiger charge is 2.22. The number of amides is 2. The average Bonchev–Trinajstić information content (AvgIpc) is 3.06. The maximum absolute atomic E-state index is 12.1. The Morgan fingerprint density at radius 3 is 3.13 bits per heavy atom. The monoisotopic (exact) mass is 322 g/mol. The maximum Gasteiger partial charge on any atom is 0.317 e. The summed E-state index contributed by atoms with van der Waals surface area (Å²) in [6.07, 6.45) is 1.05. The van der Waals surface area contributed by atoms with Gasteiger partial charge < -0.3 is 29.2 Å². The predicted molar refractivity (Wildman–Crippen MR) is 83.1 cm³/mol. The molecule has 7 heteroatoms. The highest BCUT2D eigenvalue weighted by molar-refractivity contribution is 5.74. The molecular weight excluding hydrogens is 300 g/mol. The van der Waals surface area contributed by atoms with Crippen LogP contribution in [0.3, 0.4) is 0 Å². The van der Waals surface area contributed by atoms with Gasteiger partial charge in [-0.3, -0.25) is 0 Å². The Morgan fingerprint density at radius 1 is 1.39 bits per heavy atom. The number of hydrogen-bond acceptors (Lipinski definition) is 5. The first-order chi connectivity index (χ1) is 11.3. The van der Waals surface area contributed by atoms with Gasteiger partial charge in [0.25, 0.3) is 0 Å². The minimum absolute atomic E-state index is 0.0685. The number of morpholine rings is 1. The Morgan fingerprint density at radius 2 is 2.26 bits per heavy atom. The van der Waals surface area contributed by atoms with Gasteiger partial charge in [0.15, 0.2) is 11.5 Å². The Hall–Kier alpha value is -2.15. The smallest absolute Gasteiger partial charge is 0.317 e. The van der Waals surface area contributed by atoms with E-state index in [0.717, 1.165) is 12.2 Å². The van der Waals surface area contributed by atoms with E-state index in [4.69, 9.17) is 18.9 Å². The molecule has 7 nitrogen and oxygen atoms in total. The number of carbonyl (C=O) groups excluding carboxylic acids is 1. The third-order valence-electron chi connectivity index (χ3n) is 3.87. The van der Waals surface area contributed by atoms with E-state index in [-0.39, 0.29) is 18.9 Å². The first-order valence-electron chi connectivity index (χ1n) is 7.93. The summed E-state index contributed by atoms with van der Waals surface area (Å²) in [5, 5.41) is 2.87. The summed E-state index contributed by atoms with van der Waals surface area (Å²) in [5.74, 6) is 2.11. The Balaban J connectivity index is 1.38. The zero-order chi connectivity index (χ0) is 16.1. The van der Waals surface area contributed by atoms with E-state index in [2.05, 4.69) is 12.2 Å². The van der Waals surface area contributed by atoms with Crippen LogP contribution in [0.15, 0.2) is 18.2 Å². The standard InChI is InChI=1S/C16H22N2O5/c1-2-12-10-18(6-8-21-12)16(19)17-5-7-20-13-3-4-14-15(9-13)23-11-22-14/h3-4,9,12H,2,5-8,10-11H2,1H3,(H,17,19). The van der Waals surface area contributed by atoms with Crippen LogP contribution in [-0.4, -0.2) is 56.7 Å². The van der Waals surface area contributed by atoms with Crippen LogP contribution in [0.1, 0.15) is 13.3 Å². The van der Waals surface area contributed by atoms with Crippen molar-refractivity contribution in [2.24, 2.45) is 0 Å². The first kappa shape index (κ1) is 15.7. The summed E-state index contributed by atoms with van der Waals surface area (Å²) >= 11 is 0. The van der Waals surface area contributed by atoms with E-state index < -0.39 is 0 Å². The van der Waals surface area contributed by atoms with Gasteiger partial charge in [-0.25, -0.2) is 4.79 Å². The van der Waals surface area contributed by atoms with Crippen LogP contribution in [-0.2, 0) is 4.74 Å². The maximum atomic E-state index is 12.1. The van der Waals surface area contributed by atoms with Crippen LogP contribution >= 0.6 is 0 Å². The molecule has 0 aliphatic carbocycles. The minimum atomic E-state index is -0.0685. The molecule has 1 fully saturated rings. The van der Waals surface area contributed by atoms with Gasteiger partial charge in [0.05, 0.1) is 19.3 Å². The van der Waals surface area contributed by atoms with Crippen molar-refractivity contribution < 1.29 is 23.7 Å². The molecule has 0 radical (unpaired) electrons. The summed E-state index contributed by atoms with van der Waals surface area (Å²) in [5.41, 5.74) is 0. The second kappa shape index (κ2) is 7.41. The lowest BCUT2D eigenvalue weighted by Crippen LogP contribution is -2.50. The number of rotatable bonds is 5. The van der Waals surface area contributed by atoms with Crippen molar-refractivity contribution in [1.29, 1.82) is 0 Å². The highest BCUT2D eigenvalue weighted by Crippen LogP contribution is 2.34. The molecule has 1 aromatic carbocycles. The fourth-order valence-corrected chi connectivity index (χ4v) is 2.56. The Bertz CT molecular complexity index is 551. The Kier molecular flexibility index (Phi) is 5.07. The van der Waals surface area contributed by atoms with E-state index in [1.54, 1.807) is 11.0 Å². The zero-order valence-corrected chi connectivity index (χ0v) is 13.2. The molecule has 1 atom stereocenters. The normalized spacial score (nSPS) is 19.5. The molecule has 0 spiro atoms. The first-order valence-corrected chi connectivity index (χ1v) is 7.93. The van der Waals surface area contributed by atoms with Crippen molar-refractivity contribution in [1.82, 2.24) is 10.2 Å². The number of nitrogens with zero attached hydrogens (tertiary/aromatic N) is 1. The van der Waals surface area contributed by atoms with Crippen molar-refractivity contribution in [2.75, 3.05) is 39.6 Å². The van der Waals surface area contributed by atoms with Gasteiger partial charge in [-0.1, -0.05) is 6.92 Å². The van der Waals surface area contributed by atoms with Crippen molar-refractivity contribution in [3.63, 3.8) is 0 Å². The average molecular weight is 322 g/mol. The zero-order valence-electron chi connectivity index (χ0n) is 13.2. The number of hydrogen-bond donors (Lipinski definition) is 1. The number of ether oxygens (including phenoxy) is 4. The fourth-order valence-electron chi connectivity index (χ4n) is 2.56. The number of urea groups is 1. The van der Waals surface area contributed by atoms with Crippen molar-refractivity contribution in [3.8, 4) is 17.2 Å². The van der Waals surface area contributed by atoms with Gasteiger partial charge in [0, 0.05) is 19.2 Å². The fraction of sp³-hybridized carbons (Fsp3) is 0.562. The van der Waals surface area contributed by atoms with Crippen LogP contribution in [0.5, 0.6) is 17.2 Å². The van der Waals surface area contributed by atoms with E-state index >= 15 is 0 Å². The van der Waals surface area contributed by atoms with Crippen LogP contribution in [0, 0.1) is 0 Å². The van der Waals surface area contributed by atoms with Crippen molar-refractivity contribution in [3.05, 3.63) is 18.2 Å². The molecule has 2 heterocycles. The molecule has 2 amide bonds. The molecule has 23 heavy (non-hydrogen) atoms. The van der Waals surface area contributed by atoms with Crippen LogP contribution in [0.2, 0.25) is 0 Å². The number of nitrogens with one attached hydrogen (secondary N) is 1. The second-order valence-electron chi connectivity index (χ2n) is 5.44. The van der Waals surface area contributed by atoms with Gasteiger partial charge in [-0.2, -0.15) is 0 Å². The van der Waals surface area contributed by atoms with Crippen molar-refractivity contribution >= 4 is 6.03 Å². The number of fused-ring (bicyclic) bond motifs is 1. The summed E-state index contributed by atoms with van der Waals surface area (Å²) < 4.78 is 21.7. The van der Waals surface area contributed by atoms with Gasteiger partial charge in [0.2, 0.25) is 6.79 Å². The Labute approximate surface area is 135 Å². The molecule has 0 saturated carbocycles. The number of carbonyl (C=O) groups is 1. The lowest BCUT2D eigenvalue weighted by Gasteiger charge is -2.32. The molecule has 2 aliphatic rings. The molecule has 0 bridgehead atoms. The van der Waals surface area contributed by atoms with E-state index in [9.17, 15) is 4.79 Å². The van der Waals surface area contributed by atoms with E-state index in [1.165, 1.54) is 0 Å². The molecule has 1 saturated heterocycles. The molecule has 1 aromatic rings. The molecule has 1 unspecified atom stereocenters. The molecule has 2 aliphatic heterocycles. The van der Waals surface area contributed by atoms with Gasteiger partial charge in [-0.05, 0) is 18.6 Å². The third-order valence-corrected chi connectivity index (χ3v) is 3.87. The summed E-state index contributed by atoms with van der Waals surface area (Å²) in [6, 6.07) is 5.36. The van der Waals surface area contributed by atoms with Crippen LogP contribution in [0.25, 0.3) is 0 Å². The third kappa shape index (κ3) is 3.98. The van der Waals surface area contributed by atoms with Crippen molar-refractivity contribution in [2.45, 2.75) is 19.4 Å². The van der Waals surface area contributed by atoms with E-state index in [0.29, 0.717) is 44.3 Å². The summed E-state index contributed by atoms with van der Waals surface area (Å²) in [6.45, 7) is 5.02. The predicted octanol–water partition coefficient (Wildman–Crippen LogP) is 1.61. The highest BCUT2D eigenvalue weighted by atomic mass is 16.7. The summed E-state index contributed by atoms with van der Waals surface area (Å²) in [4.78, 5) is 13.9. The van der Waals surface area contributed by atoms with Gasteiger partial charge >= 0.3 is 6.03 Å². The quantitative estimate of drug-likeness (QED) is 0.834. The second-order valence-corrected chi connectivity index (χ2v) is 5.44. The van der Waals surface area contributed by atoms with Gasteiger partial charge in [0.1, 0.15) is 12.4 Å². The van der Waals surface area contributed by atoms with Gasteiger partial charge in [-0.15, -0.1) is 0 Å². The van der Waals surface area contributed by atoms with E-state index in [1.807, 2.05) is 12.1 Å². The minimum Gasteiger partial charge on any atom is -0.492 e. The number of benzene rings is 1. The summed E-state index contributed by atoms with van der Waals surface area (Å²) in [7, 11) is 0. The molecule has 0 aromatic heterocycles. The van der Waals surface area contributed by atoms with Crippen LogP contribution in [0.4, 0.5) is 4.79 Å². The lowest BCUT2D eigenvalue weighted by atomic mass is 10.2. The molecule has 126 valence electrons. The molecule has 3 rings (SSSR count). The SMILES string of the molecule is CCC1CN(C(=O)NCCOc2ccc3c(c2)OCO3)CCO1. The van der Waals surface area contributed by atoms with Crippen LogP contribution < -0.4 is 19.5 Å². The lowest BCUT2D eigenvalue weighted by molar-refractivity contribution is -0.0154. The largest absolute Gasteiger partial charge is 0.492 e.